The van der Waals surface area contributed by atoms with Crippen LogP contribution in [-0.2, 0) is 16.5 Å². The van der Waals surface area contributed by atoms with Gasteiger partial charge in [-0.25, -0.2) is 0 Å². The van der Waals surface area contributed by atoms with Crippen molar-refractivity contribution in [3.8, 4) is 5.75 Å². The molecule has 0 aromatic heterocycles. The highest BCUT2D eigenvalue weighted by molar-refractivity contribution is 7.87. The summed E-state index contributed by atoms with van der Waals surface area (Å²) in [5, 5.41) is 0. The molecule has 0 unspecified atom stereocenters. The summed E-state index contributed by atoms with van der Waals surface area (Å²) in [4.78, 5) is 0. The topological polar surface area (TPSA) is 69.4 Å². The van der Waals surface area contributed by atoms with E-state index in [0.717, 1.165) is 18.4 Å². The van der Waals surface area contributed by atoms with Gasteiger partial charge in [0.1, 0.15) is 5.75 Å². The molecule has 0 aliphatic rings. The van der Waals surface area contributed by atoms with Crippen LogP contribution in [0.4, 0.5) is 0 Å². The van der Waals surface area contributed by atoms with Gasteiger partial charge in [0.05, 0.1) is 5.75 Å². The summed E-state index contributed by atoms with van der Waals surface area (Å²) in [6, 6.07) is 6.98. The maximum absolute atomic E-state index is 11.5. The van der Waals surface area contributed by atoms with E-state index in [1.54, 1.807) is 12.1 Å². The average molecular weight is 257 g/mol. The monoisotopic (exact) mass is 257 g/mol. The van der Waals surface area contributed by atoms with Gasteiger partial charge in [-0.3, -0.25) is 0 Å². The van der Waals surface area contributed by atoms with E-state index in [4.69, 9.17) is 9.92 Å². The van der Waals surface area contributed by atoms with E-state index >= 15 is 0 Å². The van der Waals surface area contributed by atoms with Crippen LogP contribution in [0.1, 0.15) is 25.3 Å². The van der Waals surface area contributed by atoms with Crippen molar-refractivity contribution in [1.82, 2.24) is 0 Å². The highest BCUT2D eigenvalue weighted by atomic mass is 32.2. The number of nitrogens with two attached hydrogens (primary N) is 1. The van der Waals surface area contributed by atoms with Gasteiger partial charge in [0, 0.05) is 0 Å². The Balaban J connectivity index is 2.62. The minimum atomic E-state index is -3.45. The molecule has 0 aliphatic carbocycles. The van der Waals surface area contributed by atoms with Gasteiger partial charge in [-0.1, -0.05) is 25.5 Å². The van der Waals surface area contributed by atoms with Crippen LogP contribution < -0.4 is 9.92 Å². The summed E-state index contributed by atoms with van der Waals surface area (Å²) in [5.41, 5.74) is 6.50. The Hall–Kier alpha value is -1.07. The lowest BCUT2D eigenvalue weighted by Crippen LogP contribution is -2.13. The number of unbranched alkanes of at least 4 members (excludes halogenated alkanes) is 1. The summed E-state index contributed by atoms with van der Waals surface area (Å²) in [6.07, 6.45) is 2.23. The minimum Gasteiger partial charge on any atom is -0.382 e. The van der Waals surface area contributed by atoms with Gasteiger partial charge < -0.3 is 9.92 Å². The Labute approximate surface area is 103 Å². The maximum atomic E-state index is 11.5. The highest BCUT2D eigenvalue weighted by Crippen LogP contribution is 2.15. The van der Waals surface area contributed by atoms with E-state index in [2.05, 4.69) is 0 Å². The third kappa shape index (κ3) is 5.19. The number of rotatable bonds is 7. The molecule has 0 fully saturated rings. The molecule has 0 saturated heterocycles. The van der Waals surface area contributed by atoms with Crippen LogP contribution in [0.5, 0.6) is 5.75 Å². The predicted molar refractivity (Wildman–Crippen MR) is 68.5 cm³/mol. The van der Waals surface area contributed by atoms with Crippen LogP contribution in [0, 0.1) is 0 Å². The van der Waals surface area contributed by atoms with Crippen molar-refractivity contribution < 1.29 is 12.6 Å². The van der Waals surface area contributed by atoms with Crippen molar-refractivity contribution in [1.29, 1.82) is 0 Å². The van der Waals surface area contributed by atoms with E-state index in [9.17, 15) is 8.42 Å². The predicted octanol–water partition coefficient (Wildman–Crippen LogP) is 1.70. The fraction of sp³-hybridized carbons (Fsp3) is 0.500. The van der Waals surface area contributed by atoms with E-state index in [1.165, 1.54) is 0 Å². The van der Waals surface area contributed by atoms with Gasteiger partial charge in [-0.2, -0.15) is 8.42 Å². The maximum Gasteiger partial charge on any atom is 0.309 e. The molecule has 17 heavy (non-hydrogen) atoms. The Kier molecular flexibility index (Phi) is 5.44. The van der Waals surface area contributed by atoms with Crippen LogP contribution in [0.2, 0.25) is 0 Å². The fourth-order valence-corrected chi connectivity index (χ4v) is 2.52. The van der Waals surface area contributed by atoms with Gasteiger partial charge in [-0.05, 0) is 37.1 Å². The molecule has 0 amide bonds. The zero-order valence-electron chi connectivity index (χ0n) is 10.1. The fourth-order valence-electron chi connectivity index (χ4n) is 1.39. The zero-order valence-corrected chi connectivity index (χ0v) is 10.9. The second-order valence-corrected chi connectivity index (χ2v) is 5.57. The van der Waals surface area contributed by atoms with Crippen LogP contribution in [0.25, 0.3) is 0 Å². The Morgan fingerprint density at radius 1 is 1.24 bits per heavy atom. The molecule has 0 bridgehead atoms. The second kappa shape index (κ2) is 6.61. The summed E-state index contributed by atoms with van der Waals surface area (Å²) in [7, 11) is -3.45. The van der Waals surface area contributed by atoms with Crippen molar-refractivity contribution in [3.05, 3.63) is 29.8 Å². The molecule has 0 saturated carbocycles. The van der Waals surface area contributed by atoms with Crippen molar-refractivity contribution in [2.24, 2.45) is 5.73 Å². The summed E-state index contributed by atoms with van der Waals surface area (Å²) in [6.45, 7) is 2.52. The summed E-state index contributed by atoms with van der Waals surface area (Å²) >= 11 is 0. The number of hydrogen-bond acceptors (Lipinski definition) is 4. The summed E-state index contributed by atoms with van der Waals surface area (Å²) < 4.78 is 28.0. The lowest BCUT2D eigenvalue weighted by Gasteiger charge is -2.07. The van der Waals surface area contributed by atoms with E-state index in [-0.39, 0.29) is 5.75 Å². The first-order valence-corrected chi connectivity index (χ1v) is 7.36. The SMILES string of the molecule is CCCCS(=O)(=O)Oc1ccc(CCN)cc1. The second-order valence-electron chi connectivity index (χ2n) is 3.88. The van der Waals surface area contributed by atoms with Crippen molar-refractivity contribution in [3.63, 3.8) is 0 Å². The van der Waals surface area contributed by atoms with Crippen LogP contribution >= 0.6 is 0 Å². The first kappa shape index (κ1) is 14.0. The molecule has 0 spiro atoms. The molecule has 2 N–H and O–H groups in total. The Morgan fingerprint density at radius 2 is 1.88 bits per heavy atom. The van der Waals surface area contributed by atoms with Gasteiger partial charge >= 0.3 is 10.1 Å². The molecule has 0 atom stereocenters. The molecule has 0 heterocycles. The van der Waals surface area contributed by atoms with E-state index < -0.39 is 10.1 Å². The zero-order chi connectivity index (χ0) is 12.7. The molecule has 1 rings (SSSR count). The van der Waals surface area contributed by atoms with E-state index in [1.807, 2.05) is 19.1 Å². The number of benzene rings is 1. The smallest absolute Gasteiger partial charge is 0.309 e. The van der Waals surface area contributed by atoms with Crippen LogP contribution in [0.15, 0.2) is 24.3 Å². The molecule has 4 nitrogen and oxygen atoms in total. The normalized spacial score (nSPS) is 11.4. The third-order valence-corrected chi connectivity index (χ3v) is 3.56. The van der Waals surface area contributed by atoms with Crippen LogP contribution in [-0.4, -0.2) is 20.7 Å². The molecule has 96 valence electrons. The van der Waals surface area contributed by atoms with Gasteiger partial charge in [-0.15, -0.1) is 0 Å². The molecular weight excluding hydrogens is 238 g/mol. The summed E-state index contributed by atoms with van der Waals surface area (Å²) in [5.74, 6) is 0.426. The largest absolute Gasteiger partial charge is 0.382 e. The van der Waals surface area contributed by atoms with Gasteiger partial charge in [0.2, 0.25) is 0 Å². The average Bonchev–Trinajstić information content (AvgIpc) is 2.29. The first-order valence-electron chi connectivity index (χ1n) is 5.78. The van der Waals surface area contributed by atoms with Gasteiger partial charge in [0.15, 0.2) is 0 Å². The molecule has 1 aromatic rings. The van der Waals surface area contributed by atoms with Crippen LogP contribution in [0.3, 0.4) is 0 Å². The first-order chi connectivity index (χ1) is 8.07. The van der Waals surface area contributed by atoms with Gasteiger partial charge in [0.25, 0.3) is 0 Å². The molecule has 0 radical (unpaired) electrons. The molecule has 5 heteroatoms. The van der Waals surface area contributed by atoms with E-state index in [0.29, 0.717) is 18.7 Å². The lowest BCUT2D eigenvalue weighted by atomic mass is 10.1. The van der Waals surface area contributed by atoms with Crippen molar-refractivity contribution in [2.75, 3.05) is 12.3 Å². The van der Waals surface area contributed by atoms with Crippen molar-refractivity contribution >= 4 is 10.1 Å². The molecular formula is C12H19NO3S. The quantitative estimate of drug-likeness (QED) is 0.755. The van der Waals surface area contributed by atoms with Crippen molar-refractivity contribution in [2.45, 2.75) is 26.2 Å². The lowest BCUT2D eigenvalue weighted by molar-refractivity contribution is 0.483. The minimum absolute atomic E-state index is 0.0635. The Bertz CT molecular complexity index is 426. The molecule has 1 aromatic carbocycles. The standard InChI is InChI=1S/C12H19NO3S/c1-2-3-10-17(14,15)16-12-6-4-11(5-7-12)8-9-13/h4-7H,2-3,8-10,13H2,1H3. The molecule has 0 aliphatic heterocycles. The highest BCUT2D eigenvalue weighted by Gasteiger charge is 2.11. The number of hydrogen-bond donors (Lipinski definition) is 1. The Morgan fingerprint density at radius 3 is 2.41 bits per heavy atom. The third-order valence-electron chi connectivity index (χ3n) is 2.33.